The molecule has 3 saturated heterocycles. The lowest BCUT2D eigenvalue weighted by molar-refractivity contribution is -0.368. The summed E-state index contributed by atoms with van der Waals surface area (Å²) in [5, 5.41) is 0. The van der Waals surface area contributed by atoms with Crippen molar-refractivity contribution in [2.45, 2.75) is 51.3 Å². The molecule has 0 aromatic rings. The minimum atomic E-state index is -0.739. The molecule has 0 N–H and O–H groups in total. The first-order chi connectivity index (χ1) is 8.19. The molecule has 1 spiro atoms. The van der Waals surface area contributed by atoms with Gasteiger partial charge in [-0.05, 0) is 18.8 Å². The predicted octanol–water partition coefficient (Wildman–Crippen LogP) is 1.55. The van der Waals surface area contributed by atoms with E-state index in [1.807, 2.05) is 0 Å². The second-order valence-corrected chi connectivity index (χ2v) is 5.74. The van der Waals surface area contributed by atoms with Crippen molar-refractivity contribution < 1.29 is 18.9 Å². The molecule has 0 aliphatic carbocycles. The van der Waals surface area contributed by atoms with Crippen molar-refractivity contribution in [3.63, 3.8) is 0 Å². The van der Waals surface area contributed by atoms with Crippen molar-refractivity contribution in [3.05, 3.63) is 0 Å². The van der Waals surface area contributed by atoms with Crippen molar-refractivity contribution >= 4 is 8.41 Å². The van der Waals surface area contributed by atoms with Gasteiger partial charge in [-0.2, -0.15) is 0 Å². The minimum absolute atomic E-state index is 0. The van der Waals surface area contributed by atoms with Crippen LogP contribution in [0.3, 0.4) is 0 Å². The van der Waals surface area contributed by atoms with E-state index < -0.39 is 5.97 Å². The lowest BCUT2D eigenvalue weighted by Gasteiger charge is -2.38. The van der Waals surface area contributed by atoms with Gasteiger partial charge in [0, 0.05) is 20.8 Å². The summed E-state index contributed by atoms with van der Waals surface area (Å²) in [7, 11) is 0. The normalized spacial score (nSPS) is 37.8. The van der Waals surface area contributed by atoms with Gasteiger partial charge in [0.15, 0.2) is 0 Å². The summed E-state index contributed by atoms with van der Waals surface area (Å²) >= 11 is 0. The Kier molecular flexibility index (Phi) is 4.37. The van der Waals surface area contributed by atoms with Crippen LogP contribution in [0.25, 0.3) is 0 Å². The van der Waals surface area contributed by atoms with E-state index in [4.69, 9.17) is 18.9 Å². The Morgan fingerprint density at radius 2 is 1.94 bits per heavy atom. The van der Waals surface area contributed by atoms with Gasteiger partial charge in [0.1, 0.15) is 0 Å². The fourth-order valence-corrected chi connectivity index (χ4v) is 3.19. The molecule has 3 fully saturated rings. The first kappa shape index (κ1) is 14.3. The van der Waals surface area contributed by atoms with E-state index >= 15 is 0 Å². The molecule has 101 valence electrons. The van der Waals surface area contributed by atoms with E-state index in [0.29, 0.717) is 37.8 Å². The molecule has 5 heteroatoms. The third kappa shape index (κ3) is 2.59. The molecule has 0 amide bonds. The second-order valence-electron chi connectivity index (χ2n) is 5.74. The van der Waals surface area contributed by atoms with E-state index in [9.17, 15) is 0 Å². The number of rotatable bonds is 2. The fourth-order valence-electron chi connectivity index (χ4n) is 3.19. The van der Waals surface area contributed by atoms with Crippen molar-refractivity contribution in [2.75, 3.05) is 19.8 Å². The number of hydrogen-bond acceptors (Lipinski definition) is 4. The van der Waals surface area contributed by atoms with Gasteiger partial charge >= 0.3 is 0 Å². The van der Waals surface area contributed by atoms with Crippen LogP contribution >= 0.6 is 0 Å². The summed E-state index contributed by atoms with van der Waals surface area (Å²) in [5.74, 6) is 0.460. The summed E-state index contributed by atoms with van der Waals surface area (Å²) in [5.41, 5.74) is 0. The van der Waals surface area contributed by atoms with Crippen molar-refractivity contribution in [1.82, 2.24) is 0 Å². The molecule has 3 rings (SSSR count). The summed E-state index contributed by atoms with van der Waals surface area (Å²) in [6, 6.07) is 0. The average molecular weight is 253 g/mol. The lowest BCUT2D eigenvalue weighted by atomic mass is 9.86. The summed E-state index contributed by atoms with van der Waals surface area (Å²) in [6.07, 6.45) is 3.57. The standard InChI is InChI=1S/C13H22O4.B/c1-9(2)7-11-10-3-4-13(15-5-6-16-13)17-12(10)8-14-11;/h9-12H,3-8H2,1-2H3;. The van der Waals surface area contributed by atoms with Gasteiger partial charge in [-0.3, -0.25) is 0 Å². The highest BCUT2D eigenvalue weighted by atomic mass is 16.9. The Labute approximate surface area is 111 Å². The van der Waals surface area contributed by atoms with E-state index in [1.54, 1.807) is 0 Å². The predicted molar refractivity (Wildman–Crippen MR) is 67.2 cm³/mol. The van der Waals surface area contributed by atoms with Gasteiger partial charge in [-0.1, -0.05) is 13.8 Å². The zero-order chi connectivity index (χ0) is 11.9. The number of fused-ring (bicyclic) bond motifs is 1. The summed E-state index contributed by atoms with van der Waals surface area (Å²) in [6.45, 7) is 6.47. The van der Waals surface area contributed by atoms with E-state index in [1.165, 1.54) is 0 Å². The van der Waals surface area contributed by atoms with Crippen molar-refractivity contribution in [3.8, 4) is 0 Å². The van der Waals surface area contributed by atoms with Gasteiger partial charge < -0.3 is 18.9 Å². The van der Waals surface area contributed by atoms with Gasteiger partial charge in [0.25, 0.3) is 5.97 Å². The zero-order valence-electron chi connectivity index (χ0n) is 11.3. The van der Waals surface area contributed by atoms with Gasteiger partial charge in [0.05, 0.1) is 32.0 Å². The van der Waals surface area contributed by atoms with Crippen LogP contribution < -0.4 is 0 Å². The SMILES string of the molecule is CC(C)CC1OCC2OC3(CCC12)OCCO3.[B]. The molecular weight excluding hydrogens is 231 g/mol. The van der Waals surface area contributed by atoms with Gasteiger partial charge in [0.2, 0.25) is 0 Å². The second kappa shape index (κ2) is 5.49. The Bertz CT molecular complexity index is 278. The lowest BCUT2D eigenvalue weighted by Crippen LogP contribution is -2.46. The average Bonchev–Trinajstić information content (AvgIpc) is 2.87. The molecular formula is C13H22BO4. The first-order valence-electron chi connectivity index (χ1n) is 6.76. The van der Waals surface area contributed by atoms with E-state index in [-0.39, 0.29) is 14.5 Å². The molecule has 4 nitrogen and oxygen atoms in total. The molecule has 18 heavy (non-hydrogen) atoms. The number of hydrogen-bond donors (Lipinski definition) is 0. The summed E-state index contributed by atoms with van der Waals surface area (Å²) < 4.78 is 23.1. The first-order valence-corrected chi connectivity index (χ1v) is 6.76. The van der Waals surface area contributed by atoms with Crippen LogP contribution in [0.15, 0.2) is 0 Å². The van der Waals surface area contributed by atoms with Crippen molar-refractivity contribution in [2.24, 2.45) is 11.8 Å². The monoisotopic (exact) mass is 253 g/mol. The van der Waals surface area contributed by atoms with Crippen LogP contribution in [0.5, 0.6) is 0 Å². The molecule has 0 bridgehead atoms. The highest BCUT2D eigenvalue weighted by molar-refractivity contribution is 5.75. The van der Waals surface area contributed by atoms with Crippen molar-refractivity contribution in [1.29, 1.82) is 0 Å². The Balaban J connectivity index is 0.00000120. The van der Waals surface area contributed by atoms with Crippen LogP contribution in [0.4, 0.5) is 0 Å². The Morgan fingerprint density at radius 3 is 2.61 bits per heavy atom. The molecule has 3 unspecified atom stereocenters. The highest BCUT2D eigenvalue weighted by Crippen LogP contribution is 2.42. The Morgan fingerprint density at radius 1 is 1.22 bits per heavy atom. The van der Waals surface area contributed by atoms with E-state index in [2.05, 4.69) is 13.8 Å². The van der Waals surface area contributed by atoms with Crippen LogP contribution in [0.1, 0.15) is 33.1 Å². The molecule has 0 aromatic heterocycles. The minimum Gasteiger partial charge on any atom is -0.375 e. The molecule has 3 aliphatic heterocycles. The maximum Gasteiger partial charge on any atom is 0.283 e. The third-order valence-electron chi connectivity index (χ3n) is 3.98. The van der Waals surface area contributed by atoms with E-state index in [0.717, 1.165) is 19.3 Å². The molecule has 3 aliphatic rings. The number of ether oxygens (including phenoxy) is 4. The quantitative estimate of drug-likeness (QED) is 0.699. The maximum atomic E-state index is 6.00. The van der Waals surface area contributed by atoms with Crippen LogP contribution in [0, 0.1) is 11.8 Å². The molecule has 3 heterocycles. The molecule has 3 radical (unpaired) electrons. The fraction of sp³-hybridized carbons (Fsp3) is 1.00. The third-order valence-corrected chi connectivity index (χ3v) is 3.98. The zero-order valence-corrected chi connectivity index (χ0v) is 11.3. The van der Waals surface area contributed by atoms with Crippen LogP contribution in [0.2, 0.25) is 0 Å². The topological polar surface area (TPSA) is 36.9 Å². The van der Waals surface area contributed by atoms with Gasteiger partial charge in [-0.25, -0.2) is 0 Å². The van der Waals surface area contributed by atoms with Crippen LogP contribution in [-0.4, -0.2) is 46.4 Å². The Hall–Kier alpha value is -0.0951. The highest BCUT2D eigenvalue weighted by Gasteiger charge is 2.51. The maximum absolute atomic E-state index is 6.00. The molecule has 0 aromatic carbocycles. The molecule has 3 atom stereocenters. The largest absolute Gasteiger partial charge is 0.375 e. The molecule has 0 saturated carbocycles. The smallest absolute Gasteiger partial charge is 0.283 e. The van der Waals surface area contributed by atoms with Gasteiger partial charge in [-0.15, -0.1) is 0 Å². The summed E-state index contributed by atoms with van der Waals surface area (Å²) in [4.78, 5) is 0. The van der Waals surface area contributed by atoms with Crippen LogP contribution in [-0.2, 0) is 18.9 Å².